The van der Waals surface area contributed by atoms with E-state index in [0.29, 0.717) is 5.92 Å². The number of hydrogen-bond acceptors (Lipinski definition) is 1. The monoisotopic (exact) mass is 148 g/mol. The normalized spacial score (nSPS) is 12.2. The van der Waals surface area contributed by atoms with Crippen molar-refractivity contribution in [2.24, 2.45) is 11.3 Å². The van der Waals surface area contributed by atoms with Crippen LogP contribution in [-0.2, 0) is 4.79 Å². The van der Waals surface area contributed by atoms with E-state index in [0.717, 1.165) is 0 Å². The number of carbonyl (C=O) groups excluding carboxylic acids is 1. The third kappa shape index (κ3) is 1.98. The molecule has 2 heteroatoms. The summed E-state index contributed by atoms with van der Waals surface area (Å²) < 4.78 is 0. The third-order valence-electron chi connectivity index (χ3n) is 1.95. The highest BCUT2D eigenvalue weighted by Crippen LogP contribution is 2.28. The van der Waals surface area contributed by atoms with E-state index in [1.165, 1.54) is 0 Å². The largest absolute Gasteiger partial charge is 0.281 e. The summed E-state index contributed by atoms with van der Waals surface area (Å²) in [7, 11) is 0. The molecule has 0 aromatic carbocycles. The van der Waals surface area contributed by atoms with E-state index in [-0.39, 0.29) is 10.7 Å². The Bertz CT molecular complexity index is 116. The zero-order valence-electron chi connectivity index (χ0n) is 6.36. The Labute approximate surface area is 61.4 Å². The van der Waals surface area contributed by atoms with Crippen LogP contribution in [0, 0.1) is 11.3 Å². The van der Waals surface area contributed by atoms with Gasteiger partial charge in [-0.25, -0.2) is 0 Å². The SMILES string of the molecule is CC(C)C(C)(C)C(=O)Cl. The van der Waals surface area contributed by atoms with Gasteiger partial charge in [-0.05, 0) is 17.5 Å². The molecule has 0 aromatic rings. The number of carbonyl (C=O) groups is 1. The Morgan fingerprint density at radius 1 is 1.44 bits per heavy atom. The first-order valence-corrected chi connectivity index (χ1v) is 3.46. The first kappa shape index (κ1) is 8.96. The molecule has 0 saturated heterocycles. The summed E-state index contributed by atoms with van der Waals surface area (Å²) in [5.74, 6) is 0.308. The molecule has 0 spiro atoms. The van der Waals surface area contributed by atoms with E-state index in [1.54, 1.807) is 0 Å². The zero-order valence-corrected chi connectivity index (χ0v) is 7.12. The number of rotatable bonds is 2. The summed E-state index contributed by atoms with van der Waals surface area (Å²) in [6.45, 7) is 7.68. The van der Waals surface area contributed by atoms with Gasteiger partial charge in [-0.2, -0.15) is 0 Å². The van der Waals surface area contributed by atoms with Gasteiger partial charge in [0.15, 0.2) is 0 Å². The zero-order chi connectivity index (χ0) is 7.65. The molecule has 0 aliphatic heterocycles. The molecular formula is C7H13ClO. The maximum atomic E-state index is 10.7. The molecule has 0 rings (SSSR count). The molecule has 0 unspecified atom stereocenters. The average Bonchev–Trinajstić information content (AvgIpc) is 1.65. The minimum atomic E-state index is -0.373. The molecule has 0 aliphatic rings. The van der Waals surface area contributed by atoms with Gasteiger partial charge in [0.2, 0.25) is 5.24 Å². The molecule has 0 heterocycles. The fraction of sp³-hybridized carbons (Fsp3) is 0.857. The standard InChI is InChI=1S/C7H13ClO/c1-5(2)7(3,4)6(8)9/h5H,1-4H3. The third-order valence-corrected chi connectivity index (χ3v) is 2.44. The van der Waals surface area contributed by atoms with Gasteiger partial charge in [0.25, 0.3) is 0 Å². The van der Waals surface area contributed by atoms with Crippen LogP contribution in [-0.4, -0.2) is 5.24 Å². The van der Waals surface area contributed by atoms with Gasteiger partial charge in [-0.3, -0.25) is 4.79 Å². The number of hydrogen-bond donors (Lipinski definition) is 0. The molecule has 54 valence electrons. The second-order valence-electron chi connectivity index (χ2n) is 3.15. The lowest BCUT2D eigenvalue weighted by molar-refractivity contribution is -0.120. The highest BCUT2D eigenvalue weighted by atomic mass is 35.5. The molecule has 0 aliphatic carbocycles. The van der Waals surface area contributed by atoms with Crippen molar-refractivity contribution < 1.29 is 4.79 Å². The van der Waals surface area contributed by atoms with E-state index in [2.05, 4.69) is 0 Å². The topological polar surface area (TPSA) is 17.1 Å². The molecule has 0 N–H and O–H groups in total. The van der Waals surface area contributed by atoms with Crippen molar-refractivity contribution in [3.63, 3.8) is 0 Å². The van der Waals surface area contributed by atoms with Crippen LogP contribution in [0.25, 0.3) is 0 Å². The maximum Gasteiger partial charge on any atom is 0.227 e. The molecule has 0 fully saturated rings. The van der Waals surface area contributed by atoms with Crippen molar-refractivity contribution in [1.82, 2.24) is 0 Å². The van der Waals surface area contributed by atoms with Gasteiger partial charge in [-0.1, -0.05) is 27.7 Å². The first-order valence-electron chi connectivity index (χ1n) is 3.09. The molecule has 9 heavy (non-hydrogen) atoms. The first-order chi connectivity index (χ1) is 3.89. The van der Waals surface area contributed by atoms with Gasteiger partial charge in [-0.15, -0.1) is 0 Å². The second kappa shape index (κ2) is 2.70. The Balaban J connectivity index is 4.19. The smallest absolute Gasteiger partial charge is 0.227 e. The minimum Gasteiger partial charge on any atom is -0.281 e. The average molecular weight is 149 g/mol. The van der Waals surface area contributed by atoms with Gasteiger partial charge in [0.05, 0.1) is 0 Å². The van der Waals surface area contributed by atoms with Crippen LogP contribution >= 0.6 is 11.6 Å². The van der Waals surface area contributed by atoms with Crippen LogP contribution in [0.3, 0.4) is 0 Å². The summed E-state index contributed by atoms with van der Waals surface area (Å²) in [6, 6.07) is 0. The van der Waals surface area contributed by atoms with Crippen molar-refractivity contribution in [2.75, 3.05) is 0 Å². The molecule has 0 radical (unpaired) electrons. The van der Waals surface area contributed by atoms with Crippen LogP contribution < -0.4 is 0 Å². The predicted molar refractivity (Wildman–Crippen MR) is 39.5 cm³/mol. The Hall–Kier alpha value is -0.0400. The lowest BCUT2D eigenvalue weighted by Gasteiger charge is -2.23. The summed E-state index contributed by atoms with van der Waals surface area (Å²) in [5.41, 5.74) is -0.373. The summed E-state index contributed by atoms with van der Waals surface area (Å²) in [4.78, 5) is 10.7. The van der Waals surface area contributed by atoms with Crippen LogP contribution in [0.15, 0.2) is 0 Å². The highest BCUT2D eigenvalue weighted by Gasteiger charge is 2.29. The molecule has 0 saturated carbocycles. The van der Waals surface area contributed by atoms with Crippen molar-refractivity contribution in [1.29, 1.82) is 0 Å². The van der Waals surface area contributed by atoms with E-state index < -0.39 is 0 Å². The molecule has 1 nitrogen and oxygen atoms in total. The fourth-order valence-corrected chi connectivity index (χ4v) is 0.445. The minimum absolute atomic E-state index is 0.252. The van der Waals surface area contributed by atoms with Crippen LogP contribution in [0.5, 0.6) is 0 Å². The van der Waals surface area contributed by atoms with E-state index >= 15 is 0 Å². The van der Waals surface area contributed by atoms with Crippen LogP contribution in [0.4, 0.5) is 0 Å². The predicted octanol–water partition coefficient (Wildman–Crippen LogP) is 2.43. The fourth-order valence-electron chi connectivity index (χ4n) is 0.227. The van der Waals surface area contributed by atoms with Crippen molar-refractivity contribution >= 4 is 16.8 Å². The van der Waals surface area contributed by atoms with Crippen molar-refractivity contribution in [2.45, 2.75) is 27.7 Å². The lowest BCUT2D eigenvalue weighted by atomic mass is 9.83. The molecular weight excluding hydrogens is 136 g/mol. The highest BCUT2D eigenvalue weighted by molar-refractivity contribution is 6.64. The second-order valence-corrected chi connectivity index (χ2v) is 3.49. The lowest BCUT2D eigenvalue weighted by Crippen LogP contribution is -2.25. The van der Waals surface area contributed by atoms with Gasteiger partial charge >= 0.3 is 0 Å². The molecule has 0 atom stereocenters. The Kier molecular flexibility index (Phi) is 2.68. The molecule has 0 bridgehead atoms. The molecule has 0 aromatic heterocycles. The van der Waals surface area contributed by atoms with E-state index in [1.807, 2.05) is 27.7 Å². The number of halogens is 1. The Morgan fingerprint density at radius 2 is 1.78 bits per heavy atom. The van der Waals surface area contributed by atoms with Crippen molar-refractivity contribution in [3.8, 4) is 0 Å². The Morgan fingerprint density at radius 3 is 1.78 bits per heavy atom. The van der Waals surface area contributed by atoms with Crippen molar-refractivity contribution in [3.05, 3.63) is 0 Å². The maximum absolute atomic E-state index is 10.7. The quantitative estimate of drug-likeness (QED) is 0.550. The van der Waals surface area contributed by atoms with Crippen LogP contribution in [0.1, 0.15) is 27.7 Å². The molecule has 0 amide bonds. The van der Waals surface area contributed by atoms with Crippen LogP contribution in [0.2, 0.25) is 0 Å². The summed E-state index contributed by atoms with van der Waals surface area (Å²) in [5, 5.41) is -0.252. The van der Waals surface area contributed by atoms with Gasteiger partial charge in [0, 0.05) is 5.41 Å². The van der Waals surface area contributed by atoms with E-state index in [4.69, 9.17) is 11.6 Å². The summed E-state index contributed by atoms with van der Waals surface area (Å²) >= 11 is 5.33. The van der Waals surface area contributed by atoms with Gasteiger partial charge < -0.3 is 0 Å². The summed E-state index contributed by atoms with van der Waals surface area (Å²) in [6.07, 6.45) is 0. The van der Waals surface area contributed by atoms with Gasteiger partial charge in [0.1, 0.15) is 0 Å². The van der Waals surface area contributed by atoms with E-state index in [9.17, 15) is 4.79 Å².